The first-order valence-electron chi connectivity index (χ1n) is 22.5. The molecule has 13 rings (SSSR count). The van der Waals surface area contributed by atoms with E-state index in [1.807, 2.05) is 0 Å². The Balaban J connectivity index is 1.03. The molecule has 0 amide bonds. The minimum atomic E-state index is -0.122. The van der Waals surface area contributed by atoms with Gasteiger partial charge in [0.05, 0.1) is 33.5 Å². The smallest absolute Gasteiger partial charge is 0.0788 e. The molecule has 3 heteroatoms. The van der Waals surface area contributed by atoms with Crippen molar-refractivity contribution in [2.75, 3.05) is 0 Å². The van der Waals surface area contributed by atoms with E-state index in [1.54, 1.807) is 0 Å². The normalized spacial score (nSPS) is 12.9. The minimum Gasteiger partial charge on any atom is -0.307 e. The Morgan fingerprint density at radius 1 is 0.323 bits per heavy atom. The minimum absolute atomic E-state index is 0.122. The van der Waals surface area contributed by atoms with Crippen LogP contribution in [-0.4, -0.2) is 14.1 Å². The summed E-state index contributed by atoms with van der Waals surface area (Å²) in [5.41, 5.74) is 21.0. The van der Waals surface area contributed by atoms with Crippen molar-refractivity contribution in [2.24, 2.45) is 0 Å². The molecule has 65 heavy (non-hydrogen) atoms. The van der Waals surface area contributed by atoms with Gasteiger partial charge in [0.15, 0.2) is 0 Å². The molecule has 0 saturated carbocycles. The molecular weight excluding hydrogens is 787 g/mol. The molecule has 0 spiro atoms. The van der Waals surface area contributed by atoms with Gasteiger partial charge in [-0.3, -0.25) is 0 Å². The first-order valence-corrected chi connectivity index (χ1v) is 22.5. The average molecular weight is 830 g/mol. The number of benzene rings is 9. The van der Waals surface area contributed by atoms with E-state index in [2.05, 4.69) is 247 Å². The number of pyridine rings is 1. The lowest BCUT2D eigenvalue weighted by molar-refractivity contribution is 0.660. The van der Waals surface area contributed by atoms with Gasteiger partial charge in [0, 0.05) is 49.5 Å². The fourth-order valence-electron chi connectivity index (χ4n) is 10.8. The van der Waals surface area contributed by atoms with Crippen molar-refractivity contribution in [3.05, 3.63) is 236 Å². The largest absolute Gasteiger partial charge is 0.307 e. The van der Waals surface area contributed by atoms with Crippen LogP contribution in [0.2, 0.25) is 0 Å². The third-order valence-electron chi connectivity index (χ3n) is 13.9. The summed E-state index contributed by atoms with van der Waals surface area (Å²) >= 11 is 0. The molecule has 3 nitrogen and oxygen atoms in total. The maximum absolute atomic E-state index is 5.42. The lowest BCUT2D eigenvalue weighted by atomic mass is 9.82. The summed E-state index contributed by atoms with van der Waals surface area (Å²) in [5.74, 6) is 0. The fourth-order valence-corrected chi connectivity index (χ4v) is 10.8. The van der Waals surface area contributed by atoms with E-state index >= 15 is 0 Å². The predicted octanol–water partition coefficient (Wildman–Crippen LogP) is 16.3. The van der Waals surface area contributed by atoms with Crippen LogP contribution in [0.4, 0.5) is 0 Å². The molecule has 0 atom stereocenters. The Morgan fingerprint density at radius 2 is 0.815 bits per heavy atom. The Hall–Kier alpha value is -8.27. The quantitative estimate of drug-likeness (QED) is 0.164. The lowest BCUT2D eigenvalue weighted by Crippen LogP contribution is -2.15. The predicted molar refractivity (Wildman–Crippen MR) is 272 cm³/mol. The third-order valence-corrected chi connectivity index (χ3v) is 13.9. The number of nitrogens with zero attached hydrogens (tertiary/aromatic N) is 3. The van der Waals surface area contributed by atoms with Crippen molar-refractivity contribution in [1.29, 1.82) is 0 Å². The topological polar surface area (TPSA) is 22.8 Å². The van der Waals surface area contributed by atoms with Crippen LogP contribution < -0.4 is 0 Å². The number of rotatable bonds is 6. The second-order valence-electron chi connectivity index (χ2n) is 17.9. The maximum atomic E-state index is 5.42. The van der Waals surface area contributed by atoms with Crippen LogP contribution in [0.5, 0.6) is 0 Å². The van der Waals surface area contributed by atoms with Gasteiger partial charge in [0.25, 0.3) is 0 Å². The summed E-state index contributed by atoms with van der Waals surface area (Å²) in [6.45, 7) is 4.73. The van der Waals surface area contributed by atoms with Gasteiger partial charge < -0.3 is 9.13 Å². The molecule has 0 aliphatic heterocycles. The first kappa shape index (κ1) is 37.3. The standard InChI is InChI=1S/C62H43N3/c1-62(2)54-25-12-9-22-48(54)49-33-32-47(39-55(49)62)65-59-27-14-11-24-51(59)53-35-34-52-50-23-10-13-26-58(50)64(60(52)61(53)65)46-21-15-20-44(36-46)57-38-45(41-18-7-4-8-19-41)37-56(63-57)43-30-28-42(29-31-43)40-16-5-3-6-17-40/h3-39H,1-2H3. The van der Waals surface area contributed by atoms with E-state index in [-0.39, 0.29) is 5.41 Å². The maximum Gasteiger partial charge on any atom is 0.0788 e. The molecule has 0 fully saturated rings. The summed E-state index contributed by atoms with van der Waals surface area (Å²) < 4.78 is 5.01. The van der Waals surface area contributed by atoms with Crippen molar-refractivity contribution in [3.8, 4) is 67.3 Å². The van der Waals surface area contributed by atoms with Crippen LogP contribution in [0.3, 0.4) is 0 Å². The highest BCUT2D eigenvalue weighted by Crippen LogP contribution is 2.50. The molecule has 3 aromatic heterocycles. The molecular formula is C62H43N3. The van der Waals surface area contributed by atoms with Gasteiger partial charge >= 0.3 is 0 Å². The van der Waals surface area contributed by atoms with Gasteiger partial charge in [-0.1, -0.05) is 190 Å². The van der Waals surface area contributed by atoms with Gasteiger partial charge in [0.1, 0.15) is 0 Å². The number of aromatic nitrogens is 3. The second-order valence-corrected chi connectivity index (χ2v) is 17.9. The zero-order valence-electron chi connectivity index (χ0n) is 36.2. The zero-order chi connectivity index (χ0) is 43.2. The summed E-state index contributed by atoms with van der Waals surface area (Å²) in [7, 11) is 0. The van der Waals surface area contributed by atoms with Gasteiger partial charge in [-0.2, -0.15) is 0 Å². The molecule has 0 unspecified atom stereocenters. The van der Waals surface area contributed by atoms with Crippen molar-refractivity contribution >= 4 is 43.6 Å². The highest BCUT2D eigenvalue weighted by atomic mass is 15.0. The van der Waals surface area contributed by atoms with E-state index < -0.39 is 0 Å². The first-order chi connectivity index (χ1) is 32.0. The van der Waals surface area contributed by atoms with Crippen LogP contribution >= 0.6 is 0 Å². The summed E-state index contributed by atoms with van der Waals surface area (Å²) in [6, 6.07) is 81.9. The van der Waals surface area contributed by atoms with E-state index in [1.165, 1.54) is 82.7 Å². The summed E-state index contributed by atoms with van der Waals surface area (Å²) in [5, 5.41) is 4.92. The molecule has 12 aromatic rings. The molecule has 0 radical (unpaired) electrons. The number of para-hydroxylation sites is 2. The molecule has 3 heterocycles. The summed E-state index contributed by atoms with van der Waals surface area (Å²) in [4.78, 5) is 5.42. The number of fused-ring (bicyclic) bond motifs is 10. The van der Waals surface area contributed by atoms with Gasteiger partial charge in [0.2, 0.25) is 0 Å². The molecule has 1 aliphatic rings. The zero-order valence-corrected chi connectivity index (χ0v) is 36.2. The SMILES string of the molecule is CC1(C)c2ccccc2-c2ccc(-n3c4ccccc4c4ccc5c6ccccc6n(-c6cccc(-c7cc(-c8ccccc8)cc(-c8ccc(-c9ccccc9)cc8)n7)c6)c5c43)cc21. The van der Waals surface area contributed by atoms with E-state index in [4.69, 9.17) is 4.98 Å². The van der Waals surface area contributed by atoms with E-state index in [0.717, 1.165) is 39.3 Å². The van der Waals surface area contributed by atoms with Crippen LogP contribution in [0.1, 0.15) is 25.0 Å². The lowest BCUT2D eigenvalue weighted by Gasteiger charge is -2.22. The average Bonchev–Trinajstić information content (AvgIpc) is 3.97. The summed E-state index contributed by atoms with van der Waals surface area (Å²) in [6.07, 6.45) is 0. The molecule has 9 aromatic carbocycles. The third kappa shape index (κ3) is 5.79. The molecule has 306 valence electrons. The number of hydrogen-bond donors (Lipinski definition) is 0. The molecule has 0 bridgehead atoms. The van der Waals surface area contributed by atoms with E-state index in [0.29, 0.717) is 0 Å². The fraction of sp³-hybridized carbons (Fsp3) is 0.0484. The Morgan fingerprint density at radius 3 is 1.48 bits per heavy atom. The molecule has 1 aliphatic carbocycles. The highest BCUT2D eigenvalue weighted by molar-refractivity contribution is 6.24. The van der Waals surface area contributed by atoms with Crippen LogP contribution in [0.15, 0.2) is 224 Å². The van der Waals surface area contributed by atoms with Gasteiger partial charge in [-0.05, 0) is 93.0 Å². The van der Waals surface area contributed by atoms with Crippen LogP contribution in [0, 0.1) is 0 Å². The van der Waals surface area contributed by atoms with Crippen molar-refractivity contribution in [3.63, 3.8) is 0 Å². The molecule has 0 saturated heterocycles. The van der Waals surface area contributed by atoms with Crippen LogP contribution in [0.25, 0.3) is 111 Å². The Kier molecular flexibility index (Phi) is 8.25. The monoisotopic (exact) mass is 829 g/mol. The Bertz CT molecular complexity index is 3830. The van der Waals surface area contributed by atoms with Gasteiger partial charge in [-0.15, -0.1) is 0 Å². The van der Waals surface area contributed by atoms with Gasteiger partial charge in [-0.25, -0.2) is 4.98 Å². The molecule has 0 N–H and O–H groups in total. The van der Waals surface area contributed by atoms with Crippen LogP contribution in [-0.2, 0) is 5.41 Å². The van der Waals surface area contributed by atoms with Crippen molar-refractivity contribution in [1.82, 2.24) is 14.1 Å². The highest BCUT2D eigenvalue weighted by Gasteiger charge is 2.35. The number of hydrogen-bond acceptors (Lipinski definition) is 1. The van der Waals surface area contributed by atoms with E-state index in [9.17, 15) is 0 Å². The Labute approximate surface area is 378 Å². The second kappa shape index (κ2) is 14.4. The van der Waals surface area contributed by atoms with Crippen molar-refractivity contribution in [2.45, 2.75) is 19.3 Å². The van der Waals surface area contributed by atoms with Crippen molar-refractivity contribution < 1.29 is 0 Å².